The van der Waals surface area contributed by atoms with E-state index in [9.17, 15) is 14.4 Å². The molecule has 50 heavy (non-hydrogen) atoms. The Morgan fingerprint density at radius 3 is 1.48 bits per heavy atom. The number of hydrogen-bond donors (Lipinski definition) is 0. The lowest BCUT2D eigenvalue weighted by Crippen LogP contribution is -2.38. The molecule has 0 N–H and O–H groups in total. The molecule has 0 rings (SSSR count). The van der Waals surface area contributed by atoms with Gasteiger partial charge in [-0.25, -0.2) is 0 Å². The number of allylic oxidation sites excluding steroid dienone is 2. The van der Waals surface area contributed by atoms with E-state index < -0.39 is 0 Å². The van der Waals surface area contributed by atoms with Gasteiger partial charge >= 0.3 is 11.9 Å². The number of nitrogens with zero attached hydrogens (tertiary/aromatic N) is 2. The summed E-state index contributed by atoms with van der Waals surface area (Å²) in [4.78, 5) is 42.2. The lowest BCUT2D eigenvalue weighted by molar-refractivity contribution is -0.151. The molecule has 1 unspecified atom stereocenters. The Labute approximate surface area is 310 Å². The first kappa shape index (κ1) is 48.1. The van der Waals surface area contributed by atoms with E-state index >= 15 is 0 Å². The number of esters is 2. The highest BCUT2D eigenvalue weighted by Crippen LogP contribution is 2.20. The molecule has 1 amide bonds. The van der Waals surface area contributed by atoms with Gasteiger partial charge in [0.2, 0.25) is 5.91 Å². The molecule has 0 aromatic rings. The standard InChI is InChI=1S/C43H82N2O5/c1-6-9-12-15-17-18-19-20-21-22-23-24-25-27-30-33-42(47)49-38-36-45(41(46)34-35-44(4)5)37-39-50-43(48)40(31-28-14-11-8-3)32-29-26-16-13-10-7-2/h20-21,40H,6-19,22-39H2,1-5H3/b21-20-. The van der Waals surface area contributed by atoms with E-state index in [0.717, 1.165) is 57.8 Å². The van der Waals surface area contributed by atoms with Gasteiger partial charge in [-0.3, -0.25) is 14.4 Å². The maximum Gasteiger partial charge on any atom is 0.308 e. The summed E-state index contributed by atoms with van der Waals surface area (Å²) < 4.78 is 11.3. The van der Waals surface area contributed by atoms with Gasteiger partial charge in [-0.1, -0.05) is 148 Å². The van der Waals surface area contributed by atoms with Gasteiger partial charge in [0.05, 0.1) is 19.0 Å². The van der Waals surface area contributed by atoms with Gasteiger partial charge < -0.3 is 19.3 Å². The van der Waals surface area contributed by atoms with Gasteiger partial charge in [0.1, 0.15) is 13.2 Å². The fourth-order valence-electron chi connectivity index (χ4n) is 6.26. The van der Waals surface area contributed by atoms with E-state index in [1.807, 2.05) is 19.0 Å². The third-order valence-electron chi connectivity index (χ3n) is 9.64. The second kappa shape index (κ2) is 36.9. The van der Waals surface area contributed by atoms with Gasteiger partial charge in [-0.05, 0) is 59.0 Å². The second-order valence-electron chi connectivity index (χ2n) is 14.8. The van der Waals surface area contributed by atoms with E-state index in [0.29, 0.717) is 32.5 Å². The zero-order valence-electron chi connectivity index (χ0n) is 33.8. The summed E-state index contributed by atoms with van der Waals surface area (Å²) in [6, 6.07) is 0. The number of carbonyl (C=O) groups excluding carboxylic acids is 3. The Balaban J connectivity index is 4.45. The molecular formula is C43H82N2O5. The molecule has 0 saturated carbocycles. The van der Waals surface area contributed by atoms with Crippen molar-refractivity contribution in [2.45, 2.75) is 194 Å². The topological polar surface area (TPSA) is 76.1 Å². The molecule has 0 bridgehead atoms. The van der Waals surface area contributed by atoms with Crippen LogP contribution in [-0.4, -0.2) is 74.6 Å². The number of hydrogen-bond acceptors (Lipinski definition) is 6. The summed E-state index contributed by atoms with van der Waals surface area (Å²) in [6.45, 7) is 8.33. The minimum absolute atomic E-state index is 0.00810. The normalized spacial score (nSPS) is 12.1. The highest BCUT2D eigenvalue weighted by Gasteiger charge is 2.21. The summed E-state index contributed by atoms with van der Waals surface area (Å²) in [5.41, 5.74) is 0. The Kier molecular flexibility index (Phi) is 35.5. The van der Waals surface area contributed by atoms with Gasteiger partial charge in [0, 0.05) is 19.4 Å². The first-order valence-corrected chi connectivity index (χ1v) is 21.2. The lowest BCUT2D eigenvalue weighted by Gasteiger charge is -2.24. The van der Waals surface area contributed by atoms with Crippen molar-refractivity contribution in [2.24, 2.45) is 5.92 Å². The van der Waals surface area contributed by atoms with E-state index in [-0.39, 0.29) is 37.0 Å². The Hall–Kier alpha value is -1.89. The van der Waals surface area contributed by atoms with Crippen LogP contribution < -0.4 is 0 Å². The van der Waals surface area contributed by atoms with Crippen LogP contribution in [0.25, 0.3) is 0 Å². The summed E-state index contributed by atoms with van der Waals surface area (Å²) in [7, 11) is 3.89. The third-order valence-corrected chi connectivity index (χ3v) is 9.64. The van der Waals surface area contributed by atoms with Crippen molar-refractivity contribution in [3.63, 3.8) is 0 Å². The van der Waals surface area contributed by atoms with Gasteiger partial charge in [-0.15, -0.1) is 0 Å². The van der Waals surface area contributed by atoms with Crippen molar-refractivity contribution in [3.8, 4) is 0 Å². The van der Waals surface area contributed by atoms with Gasteiger partial charge in [0.15, 0.2) is 0 Å². The van der Waals surface area contributed by atoms with Gasteiger partial charge in [0.25, 0.3) is 0 Å². The van der Waals surface area contributed by atoms with E-state index in [1.54, 1.807) is 4.90 Å². The van der Waals surface area contributed by atoms with Crippen LogP contribution in [0.2, 0.25) is 0 Å². The van der Waals surface area contributed by atoms with E-state index in [1.165, 1.54) is 103 Å². The number of ether oxygens (including phenoxy) is 2. The Bertz CT molecular complexity index is 815. The summed E-state index contributed by atoms with van der Waals surface area (Å²) in [6.07, 6.45) is 35.0. The number of carbonyl (C=O) groups is 3. The van der Waals surface area contributed by atoms with Crippen molar-refractivity contribution < 1.29 is 23.9 Å². The third kappa shape index (κ3) is 32.0. The first-order chi connectivity index (χ1) is 24.3. The van der Waals surface area contributed by atoms with Crippen molar-refractivity contribution in [2.75, 3.05) is 46.9 Å². The maximum atomic E-state index is 13.1. The first-order valence-electron chi connectivity index (χ1n) is 21.2. The molecule has 0 saturated heterocycles. The average Bonchev–Trinajstić information content (AvgIpc) is 3.10. The molecule has 7 nitrogen and oxygen atoms in total. The molecule has 0 aliphatic heterocycles. The van der Waals surface area contributed by atoms with Crippen molar-refractivity contribution >= 4 is 17.8 Å². The SMILES string of the molecule is CCCCCCCC/C=C\CCCCCCCC(=O)OCCN(CCOC(=O)C(CCCCCC)CCCCCCCC)C(=O)CCN(C)C. The van der Waals surface area contributed by atoms with Crippen LogP contribution in [0.3, 0.4) is 0 Å². The predicted octanol–water partition coefficient (Wildman–Crippen LogP) is 11.2. The zero-order chi connectivity index (χ0) is 36.9. The molecule has 294 valence electrons. The molecule has 0 heterocycles. The van der Waals surface area contributed by atoms with Gasteiger partial charge in [-0.2, -0.15) is 0 Å². The quantitative estimate of drug-likeness (QED) is 0.0364. The molecule has 0 fully saturated rings. The monoisotopic (exact) mass is 707 g/mol. The fourth-order valence-corrected chi connectivity index (χ4v) is 6.26. The van der Waals surface area contributed by atoms with Crippen LogP contribution in [0.4, 0.5) is 0 Å². The molecule has 0 aromatic heterocycles. The minimum atomic E-state index is -0.199. The van der Waals surface area contributed by atoms with E-state index in [4.69, 9.17) is 9.47 Å². The lowest BCUT2D eigenvalue weighted by atomic mass is 9.94. The molecule has 0 radical (unpaired) electrons. The smallest absolute Gasteiger partial charge is 0.308 e. The summed E-state index contributed by atoms with van der Waals surface area (Å²) >= 11 is 0. The number of rotatable bonds is 37. The molecule has 0 aliphatic rings. The van der Waals surface area contributed by atoms with Crippen LogP contribution in [0.15, 0.2) is 12.2 Å². The van der Waals surface area contributed by atoms with Crippen molar-refractivity contribution in [1.29, 1.82) is 0 Å². The maximum absolute atomic E-state index is 13.1. The molecule has 0 spiro atoms. The number of amides is 1. The largest absolute Gasteiger partial charge is 0.464 e. The number of unbranched alkanes of at least 4 members (excludes halogenated alkanes) is 19. The fraction of sp³-hybridized carbons (Fsp3) is 0.884. The molecule has 0 aromatic carbocycles. The van der Waals surface area contributed by atoms with Crippen molar-refractivity contribution in [1.82, 2.24) is 9.80 Å². The second-order valence-corrected chi connectivity index (χ2v) is 14.8. The van der Waals surface area contributed by atoms with Crippen LogP contribution in [0.1, 0.15) is 194 Å². The Morgan fingerprint density at radius 2 is 0.960 bits per heavy atom. The molecule has 0 aliphatic carbocycles. The van der Waals surface area contributed by atoms with Crippen LogP contribution in [0, 0.1) is 5.92 Å². The van der Waals surface area contributed by atoms with Crippen LogP contribution >= 0.6 is 0 Å². The van der Waals surface area contributed by atoms with Crippen LogP contribution in [0.5, 0.6) is 0 Å². The highest BCUT2D eigenvalue weighted by atomic mass is 16.5. The predicted molar refractivity (Wildman–Crippen MR) is 211 cm³/mol. The summed E-state index contributed by atoms with van der Waals surface area (Å²) in [5, 5.41) is 0. The molecule has 1 atom stereocenters. The van der Waals surface area contributed by atoms with Crippen LogP contribution in [-0.2, 0) is 23.9 Å². The van der Waals surface area contributed by atoms with E-state index in [2.05, 4.69) is 32.9 Å². The molecular weight excluding hydrogens is 624 g/mol. The zero-order valence-corrected chi connectivity index (χ0v) is 33.8. The highest BCUT2D eigenvalue weighted by molar-refractivity contribution is 5.76. The Morgan fingerprint density at radius 1 is 0.520 bits per heavy atom. The average molecular weight is 707 g/mol. The van der Waals surface area contributed by atoms with Crippen molar-refractivity contribution in [3.05, 3.63) is 12.2 Å². The molecule has 7 heteroatoms. The minimum Gasteiger partial charge on any atom is -0.464 e. The summed E-state index contributed by atoms with van der Waals surface area (Å²) in [5.74, 6) is -0.392.